The van der Waals surface area contributed by atoms with Crippen molar-refractivity contribution in [1.82, 2.24) is 20.2 Å². The highest BCUT2D eigenvalue weighted by molar-refractivity contribution is 5.81. The van der Waals surface area contributed by atoms with Crippen molar-refractivity contribution in [2.75, 3.05) is 31.1 Å². The predicted molar refractivity (Wildman–Crippen MR) is 99.4 cm³/mol. The van der Waals surface area contributed by atoms with Crippen LogP contribution in [-0.2, 0) is 4.79 Å². The van der Waals surface area contributed by atoms with E-state index >= 15 is 0 Å². The number of amides is 1. The first-order chi connectivity index (χ1) is 12.1. The molecule has 1 N–H and O–H groups in total. The summed E-state index contributed by atoms with van der Waals surface area (Å²) in [5.74, 6) is 2.22. The maximum absolute atomic E-state index is 12.7. The second-order valence-electron chi connectivity index (χ2n) is 7.63. The van der Waals surface area contributed by atoms with Crippen LogP contribution in [0.5, 0.6) is 0 Å². The molecule has 0 aromatic carbocycles. The van der Waals surface area contributed by atoms with Gasteiger partial charge in [-0.3, -0.25) is 9.69 Å². The number of anilines is 1. The number of rotatable bonds is 4. The highest BCUT2D eigenvalue weighted by Gasteiger charge is 2.31. The monoisotopic (exact) mass is 345 g/mol. The smallest absolute Gasteiger partial charge is 0.237 e. The first kappa shape index (κ1) is 18.1. The van der Waals surface area contributed by atoms with Crippen LogP contribution in [0.1, 0.15) is 40.0 Å². The van der Waals surface area contributed by atoms with Crippen LogP contribution in [0.15, 0.2) is 18.5 Å². The third kappa shape index (κ3) is 4.29. The van der Waals surface area contributed by atoms with Crippen molar-refractivity contribution < 1.29 is 4.79 Å². The molecule has 0 bridgehead atoms. The number of carbonyl (C=O) groups excluding carboxylic acids is 1. The second kappa shape index (κ2) is 8.13. The van der Waals surface area contributed by atoms with Gasteiger partial charge in [-0.2, -0.15) is 0 Å². The summed E-state index contributed by atoms with van der Waals surface area (Å²) in [4.78, 5) is 25.8. The van der Waals surface area contributed by atoms with Gasteiger partial charge in [0.2, 0.25) is 11.9 Å². The molecule has 25 heavy (non-hydrogen) atoms. The Kier molecular flexibility index (Phi) is 5.89. The topological polar surface area (TPSA) is 61.4 Å². The van der Waals surface area contributed by atoms with Crippen molar-refractivity contribution in [3.05, 3.63) is 18.5 Å². The Hall–Kier alpha value is -1.69. The van der Waals surface area contributed by atoms with Crippen LogP contribution in [0, 0.1) is 11.8 Å². The summed E-state index contributed by atoms with van der Waals surface area (Å²) in [6, 6.07) is 2.08. The molecule has 2 fully saturated rings. The summed E-state index contributed by atoms with van der Waals surface area (Å²) in [5.41, 5.74) is 0. The number of carbonyl (C=O) groups is 1. The molecular weight excluding hydrogens is 314 g/mol. The van der Waals surface area contributed by atoms with Gasteiger partial charge in [-0.1, -0.05) is 26.7 Å². The van der Waals surface area contributed by atoms with Crippen LogP contribution in [-0.4, -0.2) is 59.0 Å². The standard InChI is InChI=1S/C19H31N5O/c1-14-6-4-7-17(15(14)2)22-18(25)16(3)23-10-12-24(13-11-23)19-20-8-5-9-21-19/h5,8-9,14-17H,4,6-7,10-13H2,1-3H3,(H,22,25)/t14-,15-,16-,17+/m1/s1. The van der Waals surface area contributed by atoms with Crippen molar-refractivity contribution in [2.45, 2.75) is 52.1 Å². The molecule has 1 aromatic heterocycles. The van der Waals surface area contributed by atoms with Crippen molar-refractivity contribution in [3.8, 4) is 0 Å². The van der Waals surface area contributed by atoms with Gasteiger partial charge < -0.3 is 10.2 Å². The lowest BCUT2D eigenvalue weighted by molar-refractivity contribution is -0.127. The lowest BCUT2D eigenvalue weighted by Gasteiger charge is -2.39. The van der Waals surface area contributed by atoms with Gasteiger partial charge >= 0.3 is 0 Å². The van der Waals surface area contributed by atoms with E-state index in [0.717, 1.165) is 38.5 Å². The Bertz CT molecular complexity index is 558. The summed E-state index contributed by atoms with van der Waals surface area (Å²) in [5, 5.41) is 3.32. The zero-order valence-electron chi connectivity index (χ0n) is 15.7. The molecule has 1 aliphatic carbocycles. The molecule has 1 saturated heterocycles. The fraction of sp³-hybridized carbons (Fsp3) is 0.737. The average molecular weight is 345 g/mol. The van der Waals surface area contributed by atoms with Crippen molar-refractivity contribution in [2.24, 2.45) is 11.8 Å². The minimum atomic E-state index is -0.0803. The van der Waals surface area contributed by atoms with Crippen LogP contribution in [0.2, 0.25) is 0 Å². The number of aromatic nitrogens is 2. The molecule has 0 radical (unpaired) electrons. The van der Waals surface area contributed by atoms with Gasteiger partial charge in [0.15, 0.2) is 0 Å². The first-order valence-corrected chi connectivity index (χ1v) is 9.62. The van der Waals surface area contributed by atoms with Gasteiger partial charge in [-0.05, 0) is 31.2 Å². The Morgan fingerprint density at radius 1 is 1.16 bits per heavy atom. The van der Waals surface area contributed by atoms with Crippen molar-refractivity contribution in [3.63, 3.8) is 0 Å². The molecule has 3 rings (SSSR count). The molecule has 6 nitrogen and oxygen atoms in total. The summed E-state index contributed by atoms with van der Waals surface area (Å²) >= 11 is 0. The van der Waals surface area contributed by atoms with Crippen LogP contribution >= 0.6 is 0 Å². The minimum absolute atomic E-state index is 0.0803. The zero-order valence-corrected chi connectivity index (χ0v) is 15.7. The Morgan fingerprint density at radius 3 is 2.52 bits per heavy atom. The van der Waals surface area contributed by atoms with Crippen molar-refractivity contribution >= 4 is 11.9 Å². The van der Waals surface area contributed by atoms with Gasteiger partial charge in [0.05, 0.1) is 6.04 Å². The number of hydrogen-bond donors (Lipinski definition) is 1. The highest BCUT2D eigenvalue weighted by Crippen LogP contribution is 2.29. The van der Waals surface area contributed by atoms with Gasteiger partial charge in [-0.15, -0.1) is 0 Å². The molecule has 0 unspecified atom stereocenters. The normalized spacial score (nSPS) is 29.2. The SMILES string of the molecule is C[C@@H]1[C@H](C)CCC[C@@H]1NC(=O)[C@@H](C)N1CCN(c2ncccn2)CC1. The van der Waals surface area contributed by atoms with Gasteiger partial charge in [0, 0.05) is 44.6 Å². The fourth-order valence-corrected chi connectivity index (χ4v) is 4.02. The molecule has 0 spiro atoms. The van der Waals surface area contributed by atoms with E-state index in [1.165, 1.54) is 12.8 Å². The van der Waals surface area contributed by atoms with E-state index in [-0.39, 0.29) is 11.9 Å². The Morgan fingerprint density at radius 2 is 1.84 bits per heavy atom. The quantitative estimate of drug-likeness (QED) is 0.903. The van der Waals surface area contributed by atoms with Gasteiger partial charge in [-0.25, -0.2) is 9.97 Å². The molecular formula is C19H31N5O. The van der Waals surface area contributed by atoms with E-state index in [0.29, 0.717) is 17.9 Å². The van der Waals surface area contributed by atoms with Crippen LogP contribution in [0.4, 0.5) is 5.95 Å². The molecule has 1 aliphatic heterocycles. The zero-order chi connectivity index (χ0) is 17.8. The van der Waals surface area contributed by atoms with E-state index in [2.05, 4.69) is 38.9 Å². The van der Waals surface area contributed by atoms with Gasteiger partial charge in [0.25, 0.3) is 0 Å². The van der Waals surface area contributed by atoms with E-state index < -0.39 is 0 Å². The highest BCUT2D eigenvalue weighted by atomic mass is 16.2. The summed E-state index contributed by atoms with van der Waals surface area (Å²) < 4.78 is 0. The lowest BCUT2D eigenvalue weighted by atomic mass is 9.78. The summed E-state index contributed by atoms with van der Waals surface area (Å²) in [6.07, 6.45) is 7.17. The lowest BCUT2D eigenvalue weighted by Crippen LogP contribution is -2.56. The summed E-state index contributed by atoms with van der Waals surface area (Å²) in [6.45, 7) is 10.1. The Labute approximate surface area is 151 Å². The third-order valence-electron chi connectivity index (χ3n) is 6.11. The van der Waals surface area contributed by atoms with Crippen LogP contribution in [0.25, 0.3) is 0 Å². The molecule has 2 heterocycles. The molecule has 138 valence electrons. The van der Waals surface area contributed by atoms with Gasteiger partial charge in [0.1, 0.15) is 0 Å². The number of nitrogens with one attached hydrogen (secondary N) is 1. The molecule has 4 atom stereocenters. The minimum Gasteiger partial charge on any atom is -0.352 e. The van der Waals surface area contributed by atoms with E-state index in [1.807, 2.05) is 13.0 Å². The maximum atomic E-state index is 12.7. The molecule has 1 saturated carbocycles. The van der Waals surface area contributed by atoms with Crippen LogP contribution in [0.3, 0.4) is 0 Å². The predicted octanol–water partition coefficient (Wildman–Crippen LogP) is 1.93. The average Bonchev–Trinajstić information content (AvgIpc) is 2.65. The molecule has 6 heteroatoms. The number of piperazine rings is 1. The largest absolute Gasteiger partial charge is 0.352 e. The molecule has 1 aromatic rings. The summed E-state index contributed by atoms with van der Waals surface area (Å²) in [7, 11) is 0. The number of hydrogen-bond acceptors (Lipinski definition) is 5. The fourth-order valence-electron chi connectivity index (χ4n) is 4.02. The van der Waals surface area contributed by atoms with Crippen LogP contribution < -0.4 is 10.2 Å². The first-order valence-electron chi connectivity index (χ1n) is 9.62. The maximum Gasteiger partial charge on any atom is 0.237 e. The second-order valence-corrected chi connectivity index (χ2v) is 7.63. The van der Waals surface area contributed by atoms with E-state index in [1.54, 1.807) is 12.4 Å². The van der Waals surface area contributed by atoms with Crippen molar-refractivity contribution in [1.29, 1.82) is 0 Å². The molecule has 1 amide bonds. The Balaban J connectivity index is 1.50. The van der Waals surface area contributed by atoms with E-state index in [9.17, 15) is 4.79 Å². The molecule has 2 aliphatic rings. The third-order valence-corrected chi connectivity index (χ3v) is 6.11. The number of nitrogens with zero attached hydrogens (tertiary/aromatic N) is 4. The van der Waals surface area contributed by atoms with E-state index in [4.69, 9.17) is 0 Å².